The molecule has 0 aliphatic rings. The van der Waals surface area contributed by atoms with Crippen LogP contribution in [-0.2, 0) is 25.6 Å². The molecule has 3 N–H and O–H groups in total. The molecule has 0 radical (unpaired) electrons. The van der Waals surface area contributed by atoms with Crippen LogP contribution in [-0.4, -0.2) is 42.8 Å². The third-order valence-electron chi connectivity index (χ3n) is 3.33. The Bertz CT molecular complexity index is 702. The molecule has 0 aliphatic heterocycles. The van der Waals surface area contributed by atoms with E-state index >= 15 is 0 Å². The molecule has 1 unspecified atom stereocenters. The highest BCUT2D eigenvalue weighted by Gasteiger charge is 2.14. The Morgan fingerprint density at radius 3 is 2.75 bits per heavy atom. The first-order valence-corrected chi connectivity index (χ1v) is 7.35. The number of hydrogen-bond acceptors (Lipinski definition) is 5. The molecular weight excluding hydrogens is 334 g/mol. The average Bonchev–Trinajstić information content (AvgIpc) is 2.90. The fraction of sp³-hybridized carbons (Fsp3) is 0.375. The highest BCUT2D eigenvalue weighted by Crippen LogP contribution is 2.20. The molecule has 1 heterocycles. The smallest absolute Gasteiger partial charge is 0.325 e. The second-order valence-corrected chi connectivity index (χ2v) is 5.07. The first-order chi connectivity index (χ1) is 11.0. The summed E-state index contributed by atoms with van der Waals surface area (Å²) in [6.07, 6.45) is 1.81. The molecule has 0 saturated heterocycles. The fourth-order valence-corrected chi connectivity index (χ4v) is 2.25. The summed E-state index contributed by atoms with van der Waals surface area (Å²) >= 11 is 0. The largest absolute Gasteiger partial charge is 0.465 e. The topological polar surface area (TPSA) is 95.6 Å². The molecule has 1 atom stereocenters. The van der Waals surface area contributed by atoms with Gasteiger partial charge in [0.2, 0.25) is 5.91 Å². The SMILES string of the molecule is CCOC(=O)Cn1ccc2cc(NC(=O)C(N)COC)ccc21.Cl. The van der Waals surface area contributed by atoms with Crippen molar-refractivity contribution in [2.24, 2.45) is 5.73 Å². The van der Waals surface area contributed by atoms with E-state index in [4.69, 9.17) is 15.2 Å². The minimum absolute atomic E-state index is 0. The minimum Gasteiger partial charge on any atom is -0.465 e. The number of rotatable bonds is 7. The van der Waals surface area contributed by atoms with Crippen LogP contribution in [0.4, 0.5) is 5.69 Å². The normalized spacial score (nSPS) is 11.6. The first kappa shape index (κ1) is 20.0. The van der Waals surface area contributed by atoms with Crippen molar-refractivity contribution in [3.05, 3.63) is 30.5 Å². The summed E-state index contributed by atoms with van der Waals surface area (Å²) in [4.78, 5) is 23.5. The maximum atomic E-state index is 11.9. The van der Waals surface area contributed by atoms with E-state index in [-0.39, 0.29) is 37.4 Å². The number of nitrogens with one attached hydrogen (secondary N) is 1. The molecule has 1 amide bonds. The summed E-state index contributed by atoms with van der Waals surface area (Å²) in [5.41, 5.74) is 7.21. The molecule has 0 aliphatic carbocycles. The van der Waals surface area contributed by atoms with E-state index < -0.39 is 6.04 Å². The van der Waals surface area contributed by atoms with Gasteiger partial charge in [-0.25, -0.2) is 0 Å². The van der Waals surface area contributed by atoms with Crippen molar-refractivity contribution < 1.29 is 19.1 Å². The summed E-state index contributed by atoms with van der Waals surface area (Å²) in [7, 11) is 1.49. The van der Waals surface area contributed by atoms with Crippen LogP contribution < -0.4 is 11.1 Å². The first-order valence-electron chi connectivity index (χ1n) is 7.35. The molecule has 132 valence electrons. The standard InChI is InChI=1S/C16H21N3O4.ClH/c1-3-23-15(20)9-19-7-6-11-8-12(4-5-14(11)19)18-16(21)13(17)10-22-2;/h4-8,13H,3,9-10,17H2,1-2H3,(H,18,21);1H. The highest BCUT2D eigenvalue weighted by molar-refractivity contribution is 5.97. The number of fused-ring (bicyclic) bond motifs is 1. The lowest BCUT2D eigenvalue weighted by atomic mass is 10.2. The van der Waals surface area contributed by atoms with E-state index in [1.54, 1.807) is 17.6 Å². The van der Waals surface area contributed by atoms with Crippen LogP contribution in [0.1, 0.15) is 6.92 Å². The number of hydrogen-bond donors (Lipinski definition) is 2. The van der Waals surface area contributed by atoms with Gasteiger partial charge in [-0.05, 0) is 31.2 Å². The van der Waals surface area contributed by atoms with Crippen LogP contribution in [0, 0.1) is 0 Å². The Hall–Kier alpha value is -2.09. The van der Waals surface area contributed by atoms with Crippen molar-refractivity contribution in [1.82, 2.24) is 4.57 Å². The molecule has 8 heteroatoms. The van der Waals surface area contributed by atoms with E-state index in [1.807, 2.05) is 24.4 Å². The number of esters is 1. The zero-order valence-electron chi connectivity index (χ0n) is 13.7. The Balaban J connectivity index is 0.00000288. The van der Waals surface area contributed by atoms with Crippen molar-refractivity contribution in [2.75, 3.05) is 25.6 Å². The van der Waals surface area contributed by atoms with Gasteiger partial charge in [-0.1, -0.05) is 0 Å². The second-order valence-electron chi connectivity index (χ2n) is 5.07. The fourth-order valence-electron chi connectivity index (χ4n) is 2.25. The monoisotopic (exact) mass is 355 g/mol. The number of carbonyl (C=O) groups excluding carboxylic acids is 2. The number of benzene rings is 1. The summed E-state index contributed by atoms with van der Waals surface area (Å²) in [6, 6.07) is 6.59. The number of carbonyl (C=O) groups is 2. The van der Waals surface area contributed by atoms with Gasteiger partial charge >= 0.3 is 5.97 Å². The molecule has 0 fully saturated rings. The predicted octanol–water partition coefficient (Wildman–Crippen LogP) is 1.54. The molecule has 7 nitrogen and oxygen atoms in total. The summed E-state index contributed by atoms with van der Waals surface area (Å²) < 4.78 is 11.6. The van der Waals surface area contributed by atoms with E-state index in [9.17, 15) is 9.59 Å². The molecule has 0 bridgehead atoms. The van der Waals surface area contributed by atoms with E-state index in [1.165, 1.54) is 7.11 Å². The van der Waals surface area contributed by atoms with Crippen LogP contribution in [0.2, 0.25) is 0 Å². The number of aromatic nitrogens is 1. The zero-order chi connectivity index (χ0) is 16.8. The van der Waals surface area contributed by atoms with Gasteiger partial charge in [-0.15, -0.1) is 12.4 Å². The second kappa shape index (κ2) is 9.27. The van der Waals surface area contributed by atoms with Crippen molar-refractivity contribution in [2.45, 2.75) is 19.5 Å². The van der Waals surface area contributed by atoms with Crippen LogP contribution in [0.3, 0.4) is 0 Å². The van der Waals surface area contributed by atoms with Gasteiger partial charge in [0.15, 0.2) is 0 Å². The molecule has 24 heavy (non-hydrogen) atoms. The van der Waals surface area contributed by atoms with Gasteiger partial charge in [0.1, 0.15) is 12.6 Å². The van der Waals surface area contributed by atoms with Crippen molar-refractivity contribution in [3.8, 4) is 0 Å². The van der Waals surface area contributed by atoms with Gasteiger partial charge in [0, 0.05) is 29.9 Å². The van der Waals surface area contributed by atoms with Gasteiger partial charge < -0.3 is 25.1 Å². The number of nitrogens with two attached hydrogens (primary N) is 1. The summed E-state index contributed by atoms with van der Waals surface area (Å²) in [6.45, 7) is 2.44. The molecule has 1 aromatic heterocycles. The third-order valence-corrected chi connectivity index (χ3v) is 3.33. The van der Waals surface area contributed by atoms with Crippen LogP contribution in [0.5, 0.6) is 0 Å². The molecular formula is C16H22ClN3O4. The lowest BCUT2D eigenvalue weighted by molar-refractivity contribution is -0.143. The lowest BCUT2D eigenvalue weighted by Crippen LogP contribution is -2.39. The maximum Gasteiger partial charge on any atom is 0.325 e. The van der Waals surface area contributed by atoms with E-state index in [2.05, 4.69) is 5.32 Å². The van der Waals surface area contributed by atoms with Gasteiger partial charge in [-0.2, -0.15) is 0 Å². The van der Waals surface area contributed by atoms with Crippen LogP contribution in [0.25, 0.3) is 10.9 Å². The van der Waals surface area contributed by atoms with E-state index in [0.717, 1.165) is 10.9 Å². The van der Waals surface area contributed by atoms with E-state index in [0.29, 0.717) is 12.3 Å². The van der Waals surface area contributed by atoms with Crippen molar-refractivity contribution >= 4 is 40.9 Å². The third kappa shape index (κ3) is 4.95. The summed E-state index contributed by atoms with van der Waals surface area (Å²) in [5, 5.41) is 3.65. The molecule has 0 spiro atoms. The average molecular weight is 356 g/mol. The van der Waals surface area contributed by atoms with Crippen LogP contribution >= 0.6 is 12.4 Å². The Morgan fingerprint density at radius 1 is 1.33 bits per heavy atom. The maximum absolute atomic E-state index is 11.9. The minimum atomic E-state index is -0.718. The van der Waals surface area contributed by atoms with Crippen LogP contribution in [0.15, 0.2) is 30.5 Å². The number of methoxy groups -OCH3 is 1. The molecule has 2 rings (SSSR count). The van der Waals surface area contributed by atoms with Crippen molar-refractivity contribution in [3.63, 3.8) is 0 Å². The lowest BCUT2D eigenvalue weighted by Gasteiger charge is -2.11. The number of anilines is 1. The zero-order valence-corrected chi connectivity index (χ0v) is 14.5. The molecule has 1 aromatic carbocycles. The van der Waals surface area contributed by atoms with Crippen molar-refractivity contribution in [1.29, 1.82) is 0 Å². The van der Waals surface area contributed by atoms with Gasteiger partial charge in [0.05, 0.1) is 13.2 Å². The quantitative estimate of drug-likeness (QED) is 0.734. The molecule has 2 aromatic rings. The predicted molar refractivity (Wildman–Crippen MR) is 94.3 cm³/mol. The van der Waals surface area contributed by atoms with Gasteiger partial charge in [-0.3, -0.25) is 9.59 Å². The number of nitrogens with zero attached hydrogens (tertiary/aromatic N) is 1. The number of ether oxygens (including phenoxy) is 2. The number of amides is 1. The van der Waals surface area contributed by atoms with Gasteiger partial charge in [0.25, 0.3) is 0 Å². The molecule has 0 saturated carbocycles. The highest BCUT2D eigenvalue weighted by atomic mass is 35.5. The Morgan fingerprint density at radius 2 is 2.08 bits per heavy atom. The Kier molecular flexibility index (Phi) is 7.70. The Labute approximate surface area is 146 Å². The number of halogens is 1. The summed E-state index contributed by atoms with van der Waals surface area (Å²) in [5.74, 6) is -0.593.